The van der Waals surface area contributed by atoms with Crippen LogP contribution in [-0.4, -0.2) is 15.8 Å². The Morgan fingerprint density at radius 3 is 2.36 bits per heavy atom. The normalized spacial score (nSPS) is 16.0. The second-order valence-electron chi connectivity index (χ2n) is 5.54. The number of nitrogens with one attached hydrogen (secondary N) is 1. The fourth-order valence-corrected chi connectivity index (χ4v) is 2.90. The molecule has 1 heterocycles. The van der Waals surface area contributed by atoms with Gasteiger partial charge in [-0.2, -0.15) is 0 Å². The maximum Gasteiger partial charge on any atom is 0.223 e. The van der Waals surface area contributed by atoms with Crippen molar-refractivity contribution in [2.24, 2.45) is 0 Å². The fraction of sp³-hybridized carbons (Fsp3) is 0.312. The van der Waals surface area contributed by atoms with Crippen LogP contribution >= 0.6 is 23.2 Å². The van der Waals surface area contributed by atoms with E-state index in [-0.39, 0.29) is 11.3 Å². The van der Waals surface area contributed by atoms with E-state index in [4.69, 9.17) is 23.2 Å². The lowest BCUT2D eigenvalue weighted by Gasteiger charge is -2.43. The molecule has 1 aromatic carbocycles. The molecule has 0 bridgehead atoms. The van der Waals surface area contributed by atoms with Crippen LogP contribution < -0.4 is 5.32 Å². The fourth-order valence-electron chi connectivity index (χ4n) is 2.60. The molecule has 0 amide bonds. The number of ketones is 1. The van der Waals surface area contributed by atoms with Crippen LogP contribution in [0.25, 0.3) is 0 Å². The second kappa shape index (κ2) is 5.86. The third-order valence-electron chi connectivity index (χ3n) is 4.09. The quantitative estimate of drug-likeness (QED) is 0.837. The number of carbonyl (C=O) groups is 1. The molecule has 1 aromatic heterocycles. The van der Waals surface area contributed by atoms with E-state index in [0.717, 1.165) is 24.8 Å². The van der Waals surface area contributed by atoms with Crippen molar-refractivity contribution in [3.8, 4) is 0 Å². The van der Waals surface area contributed by atoms with E-state index >= 15 is 0 Å². The van der Waals surface area contributed by atoms with Crippen LogP contribution in [-0.2, 0) is 5.54 Å². The molecule has 0 atom stereocenters. The Balaban J connectivity index is 1.87. The van der Waals surface area contributed by atoms with Gasteiger partial charge in [0.1, 0.15) is 0 Å². The summed E-state index contributed by atoms with van der Waals surface area (Å²) in [6.45, 7) is 1.49. The van der Waals surface area contributed by atoms with Crippen molar-refractivity contribution in [1.82, 2.24) is 9.97 Å². The summed E-state index contributed by atoms with van der Waals surface area (Å²) < 4.78 is 0. The van der Waals surface area contributed by atoms with Crippen molar-refractivity contribution in [3.63, 3.8) is 0 Å². The third kappa shape index (κ3) is 2.81. The Morgan fingerprint density at radius 1 is 1.18 bits per heavy atom. The number of hydrogen-bond donors (Lipinski definition) is 1. The molecule has 3 rings (SSSR count). The molecule has 0 unspecified atom stereocenters. The molecule has 1 aliphatic rings. The van der Waals surface area contributed by atoms with Gasteiger partial charge in [-0.1, -0.05) is 29.3 Å². The Kier molecular flexibility index (Phi) is 4.06. The molecule has 22 heavy (non-hydrogen) atoms. The lowest BCUT2D eigenvalue weighted by atomic mass is 9.72. The number of hydrogen-bond acceptors (Lipinski definition) is 4. The van der Waals surface area contributed by atoms with Crippen molar-refractivity contribution in [3.05, 3.63) is 51.8 Å². The van der Waals surface area contributed by atoms with E-state index in [1.807, 2.05) is 12.1 Å². The van der Waals surface area contributed by atoms with Crippen LogP contribution in [0.2, 0.25) is 10.0 Å². The molecule has 0 saturated heterocycles. The molecule has 114 valence electrons. The summed E-state index contributed by atoms with van der Waals surface area (Å²) in [5.74, 6) is 0.463. The molecule has 0 radical (unpaired) electrons. The van der Waals surface area contributed by atoms with Crippen LogP contribution in [0.5, 0.6) is 0 Å². The number of aromatic nitrogens is 2. The van der Waals surface area contributed by atoms with Crippen molar-refractivity contribution < 1.29 is 4.79 Å². The van der Waals surface area contributed by atoms with Gasteiger partial charge in [0.15, 0.2) is 5.78 Å². The van der Waals surface area contributed by atoms with Gasteiger partial charge in [-0.3, -0.25) is 4.79 Å². The molecule has 6 heteroatoms. The van der Waals surface area contributed by atoms with Crippen LogP contribution in [0.15, 0.2) is 30.6 Å². The van der Waals surface area contributed by atoms with Gasteiger partial charge in [-0.15, -0.1) is 0 Å². The number of carbonyl (C=O) groups excluding carboxylic acids is 1. The zero-order valence-electron chi connectivity index (χ0n) is 12.1. The molecule has 0 spiro atoms. The van der Waals surface area contributed by atoms with Gasteiger partial charge >= 0.3 is 0 Å². The summed E-state index contributed by atoms with van der Waals surface area (Å²) in [5, 5.41) is 4.47. The van der Waals surface area contributed by atoms with Gasteiger partial charge < -0.3 is 5.32 Å². The van der Waals surface area contributed by atoms with Crippen LogP contribution in [0, 0.1) is 0 Å². The van der Waals surface area contributed by atoms with Gasteiger partial charge in [0, 0.05) is 12.4 Å². The molecule has 1 fully saturated rings. The number of rotatable bonds is 4. The number of anilines is 1. The predicted octanol–water partition coefficient (Wildman–Crippen LogP) is 4.48. The summed E-state index contributed by atoms with van der Waals surface area (Å²) in [6, 6.07) is 5.67. The van der Waals surface area contributed by atoms with Crippen LogP contribution in [0.3, 0.4) is 0 Å². The van der Waals surface area contributed by atoms with Crippen LogP contribution in [0.4, 0.5) is 5.95 Å². The Hall–Kier alpha value is -1.65. The average molecular weight is 336 g/mol. The van der Waals surface area contributed by atoms with Crippen molar-refractivity contribution in [1.29, 1.82) is 0 Å². The van der Waals surface area contributed by atoms with E-state index in [1.165, 1.54) is 6.92 Å². The summed E-state index contributed by atoms with van der Waals surface area (Å²) in [6.07, 6.45) is 6.15. The van der Waals surface area contributed by atoms with Crippen molar-refractivity contribution in [2.45, 2.75) is 31.7 Å². The van der Waals surface area contributed by atoms with E-state index in [0.29, 0.717) is 21.6 Å². The first-order chi connectivity index (χ1) is 10.5. The van der Waals surface area contributed by atoms with Crippen LogP contribution in [0.1, 0.15) is 42.1 Å². The van der Waals surface area contributed by atoms with E-state index in [9.17, 15) is 4.79 Å². The van der Waals surface area contributed by atoms with E-state index in [1.54, 1.807) is 18.5 Å². The van der Waals surface area contributed by atoms with Gasteiger partial charge in [0.05, 0.1) is 21.1 Å². The summed E-state index contributed by atoms with van der Waals surface area (Å²) in [4.78, 5) is 19.7. The topological polar surface area (TPSA) is 54.9 Å². The summed E-state index contributed by atoms with van der Waals surface area (Å²) >= 11 is 12.1. The van der Waals surface area contributed by atoms with E-state index in [2.05, 4.69) is 15.3 Å². The standard InChI is InChI=1S/C16H15Cl2N3O/c1-10(22)11-8-19-15(20-9-11)21-16(5-2-6-16)12-3-4-13(17)14(18)7-12/h3-4,7-9H,2,5-6H2,1H3,(H,19,20,21). The third-order valence-corrected chi connectivity index (χ3v) is 4.83. The summed E-state index contributed by atoms with van der Waals surface area (Å²) in [5.41, 5.74) is 1.36. The molecule has 1 saturated carbocycles. The molecule has 2 aromatic rings. The Bertz CT molecular complexity index is 712. The number of nitrogens with zero attached hydrogens (tertiary/aromatic N) is 2. The highest BCUT2D eigenvalue weighted by molar-refractivity contribution is 6.42. The largest absolute Gasteiger partial charge is 0.345 e. The van der Waals surface area contributed by atoms with Crippen molar-refractivity contribution >= 4 is 34.9 Å². The highest BCUT2D eigenvalue weighted by Crippen LogP contribution is 2.44. The minimum atomic E-state index is -0.216. The first-order valence-electron chi connectivity index (χ1n) is 7.07. The Labute approximate surface area is 138 Å². The Morgan fingerprint density at radius 2 is 1.86 bits per heavy atom. The van der Waals surface area contributed by atoms with Gasteiger partial charge in [0.2, 0.25) is 5.95 Å². The van der Waals surface area contributed by atoms with Gasteiger partial charge in [-0.05, 0) is 43.9 Å². The van der Waals surface area contributed by atoms with Gasteiger partial charge in [-0.25, -0.2) is 9.97 Å². The maximum atomic E-state index is 11.3. The van der Waals surface area contributed by atoms with Crippen molar-refractivity contribution in [2.75, 3.05) is 5.32 Å². The van der Waals surface area contributed by atoms with Gasteiger partial charge in [0.25, 0.3) is 0 Å². The number of Topliss-reactive ketones (excluding diaryl/α,β-unsaturated/α-hetero) is 1. The minimum Gasteiger partial charge on any atom is -0.345 e. The SMILES string of the molecule is CC(=O)c1cnc(NC2(c3ccc(Cl)c(Cl)c3)CCC2)nc1. The zero-order chi connectivity index (χ0) is 15.7. The van der Waals surface area contributed by atoms with E-state index < -0.39 is 0 Å². The minimum absolute atomic E-state index is 0.0469. The highest BCUT2D eigenvalue weighted by atomic mass is 35.5. The average Bonchev–Trinajstić information content (AvgIpc) is 2.46. The number of benzene rings is 1. The smallest absolute Gasteiger partial charge is 0.223 e. The zero-order valence-corrected chi connectivity index (χ0v) is 13.6. The molecular weight excluding hydrogens is 321 g/mol. The second-order valence-corrected chi connectivity index (χ2v) is 6.36. The lowest BCUT2D eigenvalue weighted by Crippen LogP contribution is -2.42. The monoisotopic (exact) mass is 335 g/mol. The molecule has 1 N–H and O–H groups in total. The number of halogens is 2. The molecule has 4 nitrogen and oxygen atoms in total. The first-order valence-corrected chi connectivity index (χ1v) is 7.82. The lowest BCUT2D eigenvalue weighted by molar-refractivity contribution is 0.101. The predicted molar refractivity (Wildman–Crippen MR) is 87.7 cm³/mol. The molecule has 1 aliphatic carbocycles. The first kappa shape index (κ1) is 15.3. The maximum absolute atomic E-state index is 11.3. The highest BCUT2D eigenvalue weighted by Gasteiger charge is 2.39. The molecule has 0 aliphatic heterocycles. The molecular formula is C16H15Cl2N3O. The summed E-state index contributed by atoms with van der Waals surface area (Å²) in [7, 11) is 0.